The van der Waals surface area contributed by atoms with Gasteiger partial charge in [0.25, 0.3) is 0 Å². The highest BCUT2D eigenvalue weighted by Crippen LogP contribution is 2.38. The van der Waals surface area contributed by atoms with Crippen molar-refractivity contribution >= 4 is 10.9 Å². The zero-order valence-corrected chi connectivity index (χ0v) is 24.4. The summed E-state index contributed by atoms with van der Waals surface area (Å²) in [7, 11) is -0.128. The summed E-state index contributed by atoms with van der Waals surface area (Å²) in [6, 6.07) is 28.1. The Labute approximate surface area is 234 Å². The molecule has 0 unspecified atom stereocenters. The predicted octanol–water partition coefficient (Wildman–Crippen LogP) is 7.06. The molecule has 0 aromatic heterocycles. The topological polar surface area (TPSA) is 9.23 Å². The maximum Gasteiger partial charge on any atom is 0.166 e. The number of benzene rings is 3. The number of ether oxygens (including phenoxy) is 1. The van der Waals surface area contributed by atoms with Gasteiger partial charge in [0.05, 0.1) is 10.9 Å². The van der Waals surface area contributed by atoms with Crippen LogP contribution in [0.4, 0.5) is 0 Å². The Bertz CT molecular complexity index is 1030. The highest BCUT2D eigenvalue weighted by atomic mass is 35.5. The number of hydrogen-bond acceptors (Lipinski definition) is 1. The van der Waals surface area contributed by atoms with Gasteiger partial charge in [0.2, 0.25) is 0 Å². The first kappa shape index (κ1) is 28.1. The summed E-state index contributed by atoms with van der Waals surface area (Å²) in [4.78, 5) is 4.17. The molecular formula is C34H43ClOS. The molecule has 5 rings (SSSR count). The Morgan fingerprint density at radius 2 is 0.892 bits per heavy atom. The third-order valence-corrected chi connectivity index (χ3v) is 10.1. The average Bonchev–Trinajstić information content (AvgIpc) is 2.91. The van der Waals surface area contributed by atoms with E-state index >= 15 is 0 Å². The van der Waals surface area contributed by atoms with Crippen molar-refractivity contribution in [3.63, 3.8) is 0 Å². The Balaban J connectivity index is 0.00000320. The molecule has 0 aliphatic heterocycles. The van der Waals surface area contributed by atoms with Gasteiger partial charge in [-0.15, -0.1) is 0 Å². The minimum absolute atomic E-state index is 0. The van der Waals surface area contributed by atoms with Crippen molar-refractivity contribution in [1.82, 2.24) is 0 Å². The molecule has 0 saturated heterocycles. The third-order valence-electron chi connectivity index (χ3n) is 7.87. The van der Waals surface area contributed by atoms with Crippen molar-refractivity contribution in [3.05, 3.63) is 83.9 Å². The number of halogens is 1. The fraction of sp³-hybridized carbons (Fsp3) is 0.471. The van der Waals surface area contributed by atoms with E-state index in [1.54, 1.807) is 0 Å². The maximum absolute atomic E-state index is 6.12. The molecule has 3 aromatic rings. The summed E-state index contributed by atoms with van der Waals surface area (Å²) in [5.41, 5.74) is 2.87. The second-order valence-electron chi connectivity index (χ2n) is 11.8. The first-order chi connectivity index (χ1) is 17.5. The lowest BCUT2D eigenvalue weighted by Crippen LogP contribution is -3.00. The van der Waals surface area contributed by atoms with Crippen LogP contribution in [0.3, 0.4) is 0 Å². The summed E-state index contributed by atoms with van der Waals surface area (Å²) in [6.07, 6.45) is 13.7. The second kappa shape index (κ2) is 12.8. The van der Waals surface area contributed by atoms with E-state index < -0.39 is 0 Å². The van der Waals surface area contributed by atoms with Crippen molar-refractivity contribution in [3.8, 4) is 5.75 Å². The highest BCUT2D eigenvalue weighted by molar-refractivity contribution is 7.97. The van der Waals surface area contributed by atoms with Gasteiger partial charge in [-0.05, 0) is 118 Å². The first-order valence-electron chi connectivity index (χ1n) is 14.2. The molecule has 0 N–H and O–H groups in total. The third kappa shape index (κ3) is 7.36. The van der Waals surface area contributed by atoms with Gasteiger partial charge in [-0.25, -0.2) is 0 Å². The highest BCUT2D eigenvalue weighted by Gasteiger charge is 2.30. The molecule has 0 radical (unpaired) electrons. The smallest absolute Gasteiger partial charge is 0.166 e. The van der Waals surface area contributed by atoms with Gasteiger partial charge in [-0.1, -0.05) is 62.8 Å². The van der Waals surface area contributed by atoms with Gasteiger partial charge < -0.3 is 17.1 Å². The lowest BCUT2D eigenvalue weighted by atomic mass is 9.84. The molecule has 0 amide bonds. The molecule has 0 spiro atoms. The largest absolute Gasteiger partial charge is 1.00 e. The zero-order valence-electron chi connectivity index (χ0n) is 22.8. The van der Waals surface area contributed by atoms with Crippen molar-refractivity contribution in [2.24, 2.45) is 0 Å². The summed E-state index contributed by atoms with van der Waals surface area (Å²) in [6.45, 7) is 6.31. The molecule has 37 heavy (non-hydrogen) atoms. The van der Waals surface area contributed by atoms with Gasteiger partial charge in [0.15, 0.2) is 14.7 Å². The number of rotatable bonds is 6. The van der Waals surface area contributed by atoms with E-state index in [2.05, 4.69) is 93.6 Å². The van der Waals surface area contributed by atoms with E-state index in [1.807, 2.05) is 0 Å². The second-order valence-corrected chi connectivity index (χ2v) is 13.8. The summed E-state index contributed by atoms with van der Waals surface area (Å²) >= 11 is 0. The van der Waals surface area contributed by atoms with E-state index in [9.17, 15) is 0 Å². The van der Waals surface area contributed by atoms with Crippen LogP contribution in [-0.2, 0) is 10.9 Å². The molecule has 2 fully saturated rings. The van der Waals surface area contributed by atoms with Crippen LogP contribution >= 0.6 is 0 Å². The Morgan fingerprint density at radius 3 is 1.24 bits per heavy atom. The van der Waals surface area contributed by atoms with Crippen LogP contribution in [-0.4, -0.2) is 5.60 Å². The SMILES string of the molecule is CC(C)(C)Oc1ccc([S+](c2ccc(C3CCCCC3)cc2)c2ccc(C3CCCCC3)cc2)cc1.[Cl-]. The number of hydrogen-bond donors (Lipinski definition) is 0. The lowest BCUT2D eigenvalue weighted by molar-refractivity contribution is -0.0000112. The molecule has 198 valence electrons. The Morgan fingerprint density at radius 1 is 0.541 bits per heavy atom. The fourth-order valence-electron chi connectivity index (χ4n) is 6.03. The van der Waals surface area contributed by atoms with Crippen molar-refractivity contribution in [1.29, 1.82) is 0 Å². The van der Waals surface area contributed by atoms with Crippen LogP contribution in [0.15, 0.2) is 87.5 Å². The fourth-order valence-corrected chi connectivity index (χ4v) is 8.07. The first-order valence-corrected chi connectivity index (χ1v) is 15.4. The molecule has 2 aliphatic carbocycles. The van der Waals surface area contributed by atoms with Crippen molar-refractivity contribution in [2.75, 3.05) is 0 Å². The van der Waals surface area contributed by atoms with Gasteiger partial charge in [-0.2, -0.15) is 0 Å². The van der Waals surface area contributed by atoms with E-state index in [4.69, 9.17) is 4.74 Å². The molecule has 3 heteroatoms. The minimum atomic E-state index is -0.187. The monoisotopic (exact) mass is 534 g/mol. The van der Waals surface area contributed by atoms with Crippen LogP contribution in [0.5, 0.6) is 5.75 Å². The summed E-state index contributed by atoms with van der Waals surface area (Å²) < 4.78 is 6.12. The summed E-state index contributed by atoms with van der Waals surface area (Å²) in [5, 5.41) is 0. The van der Waals surface area contributed by atoms with Gasteiger partial charge in [-0.3, -0.25) is 0 Å². The molecule has 3 aromatic carbocycles. The zero-order chi connectivity index (χ0) is 25.0. The Hall–Kier alpha value is -1.90. The quantitative estimate of drug-likeness (QED) is 0.308. The molecule has 1 nitrogen and oxygen atoms in total. The minimum Gasteiger partial charge on any atom is -1.00 e. The Kier molecular flexibility index (Phi) is 9.70. The van der Waals surface area contributed by atoms with Crippen LogP contribution in [0, 0.1) is 0 Å². The van der Waals surface area contributed by atoms with E-state index in [0.717, 1.165) is 17.6 Å². The van der Waals surface area contributed by atoms with E-state index in [0.29, 0.717) is 0 Å². The average molecular weight is 535 g/mol. The van der Waals surface area contributed by atoms with Crippen LogP contribution in [0.2, 0.25) is 0 Å². The van der Waals surface area contributed by atoms with Gasteiger partial charge in [0.1, 0.15) is 11.4 Å². The van der Waals surface area contributed by atoms with E-state index in [1.165, 1.54) is 90.0 Å². The molecule has 0 atom stereocenters. The van der Waals surface area contributed by atoms with Gasteiger partial charge in [0, 0.05) is 0 Å². The maximum atomic E-state index is 6.12. The van der Waals surface area contributed by atoms with Crippen molar-refractivity contribution < 1.29 is 17.1 Å². The molecule has 2 saturated carbocycles. The molecular weight excluding hydrogens is 492 g/mol. The van der Waals surface area contributed by atoms with Crippen LogP contribution in [0.1, 0.15) is 108 Å². The molecule has 0 bridgehead atoms. The van der Waals surface area contributed by atoms with Crippen LogP contribution in [0.25, 0.3) is 0 Å². The van der Waals surface area contributed by atoms with Crippen molar-refractivity contribution in [2.45, 2.75) is 117 Å². The van der Waals surface area contributed by atoms with Gasteiger partial charge >= 0.3 is 0 Å². The molecule has 2 aliphatic rings. The normalized spacial score (nSPS) is 17.4. The standard InChI is InChI=1S/C34H43OS.ClH/c1-34(2,3)35-30-18-24-33(25-19-30)36(31-20-14-28(15-21-31)26-10-6-4-7-11-26)32-22-16-29(17-23-32)27-12-8-5-9-13-27;/h14-27H,4-13H2,1-3H3;1H/q+1;/p-1. The lowest BCUT2D eigenvalue weighted by Gasteiger charge is -2.22. The molecule has 0 heterocycles. The summed E-state index contributed by atoms with van der Waals surface area (Å²) in [5.74, 6) is 2.44. The van der Waals surface area contributed by atoms with Crippen LogP contribution < -0.4 is 17.1 Å². The predicted molar refractivity (Wildman–Crippen MR) is 154 cm³/mol. The van der Waals surface area contributed by atoms with E-state index in [-0.39, 0.29) is 28.9 Å².